The van der Waals surface area contributed by atoms with E-state index in [1.54, 1.807) is 11.8 Å². The Morgan fingerprint density at radius 1 is 1.46 bits per heavy atom. The highest BCUT2D eigenvalue weighted by molar-refractivity contribution is 7.99. The molecule has 2 aromatic rings. The van der Waals surface area contributed by atoms with Gasteiger partial charge in [0.15, 0.2) is 11.7 Å². The first-order valence-electron chi connectivity index (χ1n) is 7.94. The summed E-state index contributed by atoms with van der Waals surface area (Å²) >= 11 is 1.70. The second-order valence-corrected chi connectivity index (χ2v) is 7.04. The van der Waals surface area contributed by atoms with Crippen LogP contribution in [0.3, 0.4) is 0 Å². The number of rotatable bonds is 5. The van der Waals surface area contributed by atoms with Gasteiger partial charge in [-0.2, -0.15) is 17.0 Å². The fourth-order valence-electron chi connectivity index (χ4n) is 2.75. The number of nitrogens with zero attached hydrogens (tertiary/aromatic N) is 2. The van der Waals surface area contributed by atoms with Gasteiger partial charge in [-0.25, -0.2) is 4.98 Å². The third kappa shape index (κ3) is 3.62. The van der Waals surface area contributed by atoms with E-state index in [1.807, 2.05) is 37.3 Å². The molecule has 1 aliphatic heterocycles. The molecule has 2 heterocycles. The van der Waals surface area contributed by atoms with Gasteiger partial charge in [0.2, 0.25) is 5.91 Å². The Morgan fingerprint density at radius 2 is 2.25 bits per heavy atom. The molecule has 124 valence electrons. The monoisotopic (exact) mass is 341 g/mol. The number of carbonyl (C=O) groups is 1. The highest BCUT2D eigenvalue weighted by Crippen LogP contribution is 2.28. The standard InChI is InChI=1S/C18H19N3O2S/c1-13-17(14-5-3-2-4-6-14)23-16(20-13)8-7-15(22)21-18(11-19)9-10-24-12-18/h2-6H,7-10,12H2,1H3,(H,21,22)/t18-/m1/s1. The zero-order chi connectivity index (χ0) is 17.0. The van der Waals surface area contributed by atoms with E-state index in [0.717, 1.165) is 22.8 Å². The molecule has 1 fully saturated rings. The first kappa shape index (κ1) is 16.6. The van der Waals surface area contributed by atoms with E-state index in [4.69, 9.17) is 4.42 Å². The molecular formula is C18H19N3O2S. The van der Waals surface area contributed by atoms with Gasteiger partial charge in [-0.1, -0.05) is 30.3 Å². The normalized spacial score (nSPS) is 19.8. The van der Waals surface area contributed by atoms with Gasteiger partial charge in [0.05, 0.1) is 11.8 Å². The maximum Gasteiger partial charge on any atom is 0.221 e. The number of benzene rings is 1. The molecule has 0 aliphatic carbocycles. The lowest BCUT2D eigenvalue weighted by molar-refractivity contribution is -0.122. The number of amides is 1. The summed E-state index contributed by atoms with van der Waals surface area (Å²) in [6, 6.07) is 12.0. The molecule has 1 aromatic carbocycles. The molecule has 0 spiro atoms. The number of aryl methyl sites for hydroxylation is 2. The van der Waals surface area contributed by atoms with Crippen LogP contribution in [0.25, 0.3) is 11.3 Å². The summed E-state index contributed by atoms with van der Waals surface area (Å²) < 4.78 is 5.81. The third-order valence-corrected chi connectivity index (χ3v) is 5.25. The summed E-state index contributed by atoms with van der Waals surface area (Å²) in [6.07, 6.45) is 1.40. The second kappa shape index (κ2) is 7.10. The Balaban J connectivity index is 1.61. The van der Waals surface area contributed by atoms with Gasteiger partial charge in [-0.05, 0) is 19.1 Å². The third-order valence-electron chi connectivity index (χ3n) is 4.06. The topological polar surface area (TPSA) is 78.9 Å². The minimum atomic E-state index is -0.705. The van der Waals surface area contributed by atoms with Crippen LogP contribution in [0.5, 0.6) is 0 Å². The molecule has 0 radical (unpaired) electrons. The molecule has 1 atom stereocenters. The lowest BCUT2D eigenvalue weighted by atomic mass is 10.0. The number of hydrogen-bond acceptors (Lipinski definition) is 5. The van der Waals surface area contributed by atoms with Gasteiger partial charge in [-0.3, -0.25) is 4.79 Å². The van der Waals surface area contributed by atoms with Crippen molar-refractivity contribution in [3.63, 3.8) is 0 Å². The van der Waals surface area contributed by atoms with E-state index in [0.29, 0.717) is 24.5 Å². The number of carbonyl (C=O) groups excluding carboxylic acids is 1. The zero-order valence-corrected chi connectivity index (χ0v) is 14.4. The van der Waals surface area contributed by atoms with Crippen LogP contribution >= 0.6 is 11.8 Å². The highest BCUT2D eigenvalue weighted by atomic mass is 32.2. The Bertz CT molecular complexity index is 758. The molecule has 1 N–H and O–H groups in total. The van der Waals surface area contributed by atoms with Gasteiger partial charge in [0.1, 0.15) is 5.54 Å². The van der Waals surface area contributed by atoms with Crippen LogP contribution in [-0.2, 0) is 11.2 Å². The Kier molecular flexibility index (Phi) is 4.91. The number of aromatic nitrogens is 1. The van der Waals surface area contributed by atoms with E-state index in [9.17, 15) is 10.1 Å². The summed E-state index contributed by atoms with van der Waals surface area (Å²) in [4.78, 5) is 16.6. The van der Waals surface area contributed by atoms with Crippen molar-refractivity contribution in [3.8, 4) is 17.4 Å². The van der Waals surface area contributed by atoms with Crippen LogP contribution in [-0.4, -0.2) is 27.9 Å². The van der Waals surface area contributed by atoms with Crippen molar-refractivity contribution in [2.24, 2.45) is 0 Å². The minimum absolute atomic E-state index is 0.129. The SMILES string of the molecule is Cc1nc(CCC(=O)N[C@@]2(C#N)CCSC2)oc1-c1ccccc1. The molecule has 6 heteroatoms. The molecule has 1 saturated heterocycles. The average molecular weight is 341 g/mol. The fourth-order valence-corrected chi connectivity index (χ4v) is 4.01. The Hall–Kier alpha value is -2.26. The van der Waals surface area contributed by atoms with Gasteiger partial charge >= 0.3 is 0 Å². The van der Waals surface area contributed by atoms with Crippen molar-refractivity contribution in [2.45, 2.75) is 31.7 Å². The summed E-state index contributed by atoms with van der Waals surface area (Å²) in [6.45, 7) is 1.90. The quantitative estimate of drug-likeness (QED) is 0.904. The molecule has 3 rings (SSSR count). The maximum atomic E-state index is 12.2. The predicted molar refractivity (Wildman–Crippen MR) is 93.4 cm³/mol. The number of oxazole rings is 1. The van der Waals surface area contributed by atoms with E-state index in [2.05, 4.69) is 16.4 Å². The van der Waals surface area contributed by atoms with E-state index >= 15 is 0 Å². The van der Waals surface area contributed by atoms with Crippen molar-refractivity contribution in [3.05, 3.63) is 41.9 Å². The molecule has 0 saturated carbocycles. The number of nitrogens with one attached hydrogen (secondary N) is 1. The van der Waals surface area contributed by atoms with Crippen LogP contribution in [0.1, 0.15) is 24.4 Å². The van der Waals surface area contributed by atoms with Crippen molar-refractivity contribution >= 4 is 17.7 Å². The second-order valence-electron chi connectivity index (χ2n) is 5.93. The fraction of sp³-hybridized carbons (Fsp3) is 0.389. The molecule has 24 heavy (non-hydrogen) atoms. The van der Waals surface area contributed by atoms with Crippen molar-refractivity contribution in [2.75, 3.05) is 11.5 Å². The Labute approximate surface area is 145 Å². The molecule has 1 aliphatic rings. The summed E-state index contributed by atoms with van der Waals surface area (Å²) in [5.41, 5.74) is 1.09. The summed E-state index contributed by atoms with van der Waals surface area (Å²) in [5.74, 6) is 2.73. The molecule has 5 nitrogen and oxygen atoms in total. The number of thioether (sulfide) groups is 1. The van der Waals surface area contributed by atoms with Gasteiger partial charge in [0.25, 0.3) is 0 Å². The smallest absolute Gasteiger partial charge is 0.221 e. The van der Waals surface area contributed by atoms with Crippen molar-refractivity contribution < 1.29 is 9.21 Å². The lowest BCUT2D eigenvalue weighted by Crippen LogP contribution is -2.47. The van der Waals surface area contributed by atoms with E-state index in [1.165, 1.54) is 0 Å². The first-order chi connectivity index (χ1) is 11.6. The number of nitriles is 1. The van der Waals surface area contributed by atoms with Crippen LogP contribution in [0.15, 0.2) is 34.7 Å². The van der Waals surface area contributed by atoms with E-state index in [-0.39, 0.29) is 12.3 Å². The summed E-state index contributed by atoms with van der Waals surface area (Å²) in [7, 11) is 0. The molecule has 0 bridgehead atoms. The molecule has 1 aromatic heterocycles. The predicted octanol–water partition coefficient (Wildman–Crippen LogP) is 3.10. The summed E-state index contributed by atoms with van der Waals surface area (Å²) in [5, 5.41) is 12.2. The zero-order valence-electron chi connectivity index (χ0n) is 13.5. The molecule has 0 unspecified atom stereocenters. The number of hydrogen-bond donors (Lipinski definition) is 1. The van der Waals surface area contributed by atoms with Gasteiger partial charge in [-0.15, -0.1) is 0 Å². The Morgan fingerprint density at radius 3 is 2.92 bits per heavy atom. The highest BCUT2D eigenvalue weighted by Gasteiger charge is 2.35. The minimum Gasteiger partial charge on any atom is -0.440 e. The first-order valence-corrected chi connectivity index (χ1v) is 9.09. The van der Waals surface area contributed by atoms with Crippen molar-refractivity contribution in [1.29, 1.82) is 5.26 Å². The van der Waals surface area contributed by atoms with Gasteiger partial charge < -0.3 is 9.73 Å². The average Bonchev–Trinajstić information content (AvgIpc) is 3.21. The molecular weight excluding hydrogens is 322 g/mol. The van der Waals surface area contributed by atoms with E-state index < -0.39 is 5.54 Å². The largest absolute Gasteiger partial charge is 0.440 e. The maximum absolute atomic E-state index is 12.2. The van der Waals surface area contributed by atoms with Crippen LogP contribution < -0.4 is 5.32 Å². The molecule has 1 amide bonds. The lowest BCUT2D eigenvalue weighted by Gasteiger charge is -2.20. The van der Waals surface area contributed by atoms with Crippen LogP contribution in [0, 0.1) is 18.3 Å². The van der Waals surface area contributed by atoms with Gasteiger partial charge in [0, 0.05) is 24.2 Å². The van der Waals surface area contributed by atoms with Crippen molar-refractivity contribution in [1.82, 2.24) is 10.3 Å². The van der Waals surface area contributed by atoms with Crippen LogP contribution in [0.2, 0.25) is 0 Å². The van der Waals surface area contributed by atoms with Crippen LogP contribution in [0.4, 0.5) is 0 Å².